The number of hydrogen-bond acceptors (Lipinski definition) is 3. The van der Waals surface area contributed by atoms with Crippen molar-refractivity contribution < 1.29 is 19.5 Å². The van der Waals surface area contributed by atoms with Gasteiger partial charge < -0.3 is 21.1 Å². The molecule has 17 heavy (non-hydrogen) atoms. The number of aliphatic carboxylic acids is 1. The van der Waals surface area contributed by atoms with Gasteiger partial charge in [-0.25, -0.2) is 4.79 Å². The lowest BCUT2D eigenvalue weighted by atomic mass is 10.1. The third-order valence-electron chi connectivity index (χ3n) is 2.20. The number of carbonyl (C=O) groups is 3. The molecule has 0 aromatic carbocycles. The molecule has 0 aromatic rings. The zero-order valence-electron chi connectivity index (χ0n) is 10.1. The van der Waals surface area contributed by atoms with Gasteiger partial charge in [-0.1, -0.05) is 6.92 Å². The molecule has 3 amide bonds. The quantitative estimate of drug-likeness (QED) is 0.486. The average molecular weight is 245 g/mol. The molecule has 7 heteroatoms. The molecule has 7 nitrogen and oxygen atoms in total. The summed E-state index contributed by atoms with van der Waals surface area (Å²) in [4.78, 5) is 32.5. The molecule has 0 radical (unpaired) electrons. The van der Waals surface area contributed by atoms with Gasteiger partial charge >= 0.3 is 12.0 Å². The average Bonchev–Trinajstić information content (AvgIpc) is 2.28. The van der Waals surface area contributed by atoms with E-state index < -0.39 is 17.9 Å². The van der Waals surface area contributed by atoms with Crippen LogP contribution < -0.4 is 16.0 Å². The highest BCUT2D eigenvalue weighted by Crippen LogP contribution is 1.99. The van der Waals surface area contributed by atoms with Crippen LogP contribution in [0.4, 0.5) is 4.79 Å². The van der Waals surface area contributed by atoms with Crippen molar-refractivity contribution in [2.45, 2.75) is 19.8 Å². The monoisotopic (exact) mass is 245 g/mol. The van der Waals surface area contributed by atoms with Gasteiger partial charge in [-0.15, -0.1) is 0 Å². The summed E-state index contributed by atoms with van der Waals surface area (Å²) in [5.41, 5.74) is 0. The number of hydrogen-bond donors (Lipinski definition) is 4. The molecule has 1 unspecified atom stereocenters. The topological polar surface area (TPSA) is 108 Å². The largest absolute Gasteiger partial charge is 0.481 e. The minimum atomic E-state index is -0.883. The van der Waals surface area contributed by atoms with E-state index in [9.17, 15) is 14.4 Å². The van der Waals surface area contributed by atoms with E-state index >= 15 is 0 Å². The van der Waals surface area contributed by atoms with Crippen molar-refractivity contribution in [1.29, 1.82) is 0 Å². The summed E-state index contributed by atoms with van der Waals surface area (Å²) < 4.78 is 0. The van der Waals surface area contributed by atoms with Gasteiger partial charge in [-0.05, 0) is 6.42 Å². The van der Waals surface area contributed by atoms with E-state index in [1.54, 1.807) is 6.92 Å². The molecule has 0 aliphatic rings. The Balaban J connectivity index is 3.53. The zero-order valence-corrected chi connectivity index (χ0v) is 10.1. The first-order valence-electron chi connectivity index (χ1n) is 5.42. The second-order valence-corrected chi connectivity index (χ2v) is 3.63. The van der Waals surface area contributed by atoms with Crippen LogP contribution in [-0.2, 0) is 9.59 Å². The summed E-state index contributed by atoms with van der Waals surface area (Å²) >= 11 is 0. The van der Waals surface area contributed by atoms with Crippen LogP contribution in [0.25, 0.3) is 0 Å². The van der Waals surface area contributed by atoms with Crippen molar-refractivity contribution >= 4 is 17.9 Å². The Bertz CT molecular complexity index is 281. The van der Waals surface area contributed by atoms with Gasteiger partial charge in [0.2, 0.25) is 5.91 Å². The molecule has 0 rings (SSSR count). The van der Waals surface area contributed by atoms with Crippen molar-refractivity contribution in [3.63, 3.8) is 0 Å². The van der Waals surface area contributed by atoms with Crippen LogP contribution in [-0.4, -0.2) is 43.2 Å². The lowest BCUT2D eigenvalue weighted by molar-refractivity contribution is -0.141. The zero-order chi connectivity index (χ0) is 13.3. The Morgan fingerprint density at radius 3 is 2.29 bits per heavy atom. The lowest BCUT2D eigenvalue weighted by Gasteiger charge is -2.09. The van der Waals surface area contributed by atoms with Gasteiger partial charge in [0.15, 0.2) is 0 Å². The Kier molecular flexibility index (Phi) is 7.49. The SMILES string of the molecule is CNC(=O)CCNC(=O)NCCC(C)C(=O)O. The van der Waals surface area contributed by atoms with Crippen molar-refractivity contribution in [2.24, 2.45) is 5.92 Å². The minimum absolute atomic E-state index is 0.148. The summed E-state index contributed by atoms with van der Waals surface area (Å²) in [5.74, 6) is -1.52. The molecular weight excluding hydrogens is 226 g/mol. The number of carboxylic acids is 1. The molecule has 0 saturated carbocycles. The van der Waals surface area contributed by atoms with E-state index in [0.717, 1.165) is 0 Å². The van der Waals surface area contributed by atoms with Crippen molar-refractivity contribution in [3.05, 3.63) is 0 Å². The van der Waals surface area contributed by atoms with Gasteiger partial charge in [-0.2, -0.15) is 0 Å². The van der Waals surface area contributed by atoms with Gasteiger partial charge in [0.05, 0.1) is 5.92 Å². The molecule has 0 aliphatic heterocycles. The predicted octanol–water partition coefficient (Wildman–Crippen LogP) is -0.467. The van der Waals surface area contributed by atoms with Gasteiger partial charge in [0, 0.05) is 26.6 Å². The first-order chi connectivity index (χ1) is 7.97. The second kappa shape index (κ2) is 8.37. The number of rotatable bonds is 7. The first-order valence-corrected chi connectivity index (χ1v) is 5.42. The van der Waals surface area contributed by atoms with Crippen molar-refractivity contribution in [2.75, 3.05) is 20.1 Å². The summed E-state index contributed by atoms with van der Waals surface area (Å²) in [5, 5.41) is 16.0. The lowest BCUT2D eigenvalue weighted by Crippen LogP contribution is -2.38. The maximum atomic E-state index is 11.2. The Labute approximate surface area is 100.0 Å². The van der Waals surface area contributed by atoms with E-state index in [-0.39, 0.29) is 18.9 Å². The van der Waals surface area contributed by atoms with Crippen LogP contribution in [0, 0.1) is 5.92 Å². The number of amides is 3. The summed E-state index contributed by atoms with van der Waals surface area (Å²) in [6.45, 7) is 2.12. The normalized spacial score (nSPS) is 11.4. The van der Waals surface area contributed by atoms with Gasteiger partial charge in [0.25, 0.3) is 0 Å². The standard InChI is InChI=1S/C10H19N3O4/c1-7(9(15)16)3-5-12-10(17)13-6-4-8(14)11-2/h7H,3-6H2,1-2H3,(H,11,14)(H,15,16)(H2,12,13,17). The number of nitrogens with one attached hydrogen (secondary N) is 3. The van der Waals surface area contributed by atoms with E-state index in [4.69, 9.17) is 5.11 Å². The Morgan fingerprint density at radius 1 is 1.18 bits per heavy atom. The molecule has 4 N–H and O–H groups in total. The fraction of sp³-hybridized carbons (Fsp3) is 0.700. The number of carbonyl (C=O) groups excluding carboxylic acids is 2. The van der Waals surface area contributed by atoms with Crippen LogP contribution in [0.5, 0.6) is 0 Å². The third kappa shape index (κ3) is 8.06. The van der Waals surface area contributed by atoms with Crippen LogP contribution in [0.2, 0.25) is 0 Å². The summed E-state index contributed by atoms with van der Waals surface area (Å²) in [6.07, 6.45) is 0.591. The van der Waals surface area contributed by atoms with Crippen LogP contribution in [0.3, 0.4) is 0 Å². The van der Waals surface area contributed by atoms with E-state index in [1.165, 1.54) is 7.05 Å². The Hall–Kier alpha value is -1.79. The van der Waals surface area contributed by atoms with Gasteiger partial charge in [0.1, 0.15) is 0 Å². The van der Waals surface area contributed by atoms with E-state index in [0.29, 0.717) is 13.0 Å². The molecule has 0 saturated heterocycles. The van der Waals surface area contributed by atoms with Crippen LogP contribution >= 0.6 is 0 Å². The first kappa shape index (κ1) is 15.2. The third-order valence-corrected chi connectivity index (χ3v) is 2.20. The summed E-state index contributed by atoms with van der Waals surface area (Å²) in [7, 11) is 1.52. The fourth-order valence-electron chi connectivity index (χ4n) is 1.00. The van der Waals surface area contributed by atoms with Crippen LogP contribution in [0.15, 0.2) is 0 Å². The highest BCUT2D eigenvalue weighted by Gasteiger charge is 2.10. The second-order valence-electron chi connectivity index (χ2n) is 3.63. The predicted molar refractivity (Wildman–Crippen MR) is 61.5 cm³/mol. The molecular formula is C10H19N3O4. The molecule has 0 spiro atoms. The summed E-state index contributed by atoms with van der Waals surface area (Å²) in [6, 6.07) is -0.397. The van der Waals surface area contributed by atoms with Crippen molar-refractivity contribution in [1.82, 2.24) is 16.0 Å². The van der Waals surface area contributed by atoms with Gasteiger partial charge in [-0.3, -0.25) is 9.59 Å². The highest BCUT2D eigenvalue weighted by molar-refractivity contribution is 5.77. The molecule has 0 bridgehead atoms. The molecule has 98 valence electrons. The molecule has 0 fully saturated rings. The minimum Gasteiger partial charge on any atom is -0.481 e. The fourth-order valence-corrected chi connectivity index (χ4v) is 1.00. The molecule has 1 atom stereocenters. The van der Waals surface area contributed by atoms with E-state index in [1.807, 2.05) is 0 Å². The maximum absolute atomic E-state index is 11.2. The number of carboxylic acid groups (broad SMARTS) is 1. The molecule has 0 heterocycles. The highest BCUT2D eigenvalue weighted by atomic mass is 16.4. The van der Waals surface area contributed by atoms with Crippen molar-refractivity contribution in [3.8, 4) is 0 Å². The smallest absolute Gasteiger partial charge is 0.314 e. The maximum Gasteiger partial charge on any atom is 0.314 e. The van der Waals surface area contributed by atoms with Crippen LogP contribution in [0.1, 0.15) is 19.8 Å². The van der Waals surface area contributed by atoms with E-state index in [2.05, 4.69) is 16.0 Å². The molecule has 0 aromatic heterocycles. The molecule has 0 aliphatic carbocycles. The number of urea groups is 1. The Morgan fingerprint density at radius 2 is 1.76 bits per heavy atom.